The molecular formula is C22H31NO4S. The molecular weight excluding hydrogens is 374 g/mol. The number of unbranched alkanes of at least 4 members (excludes halogenated alkanes) is 1. The zero-order valence-corrected chi connectivity index (χ0v) is 17.5. The highest BCUT2D eigenvalue weighted by Crippen LogP contribution is 2.61. The summed E-state index contributed by atoms with van der Waals surface area (Å²) in [5.41, 5.74) is 0.172. The number of aliphatic carboxylic acids is 1. The Kier molecular flexibility index (Phi) is 6.30. The summed E-state index contributed by atoms with van der Waals surface area (Å²) in [6.45, 7) is 4.52. The lowest BCUT2D eigenvalue weighted by atomic mass is 9.45. The number of carboxylic acids is 1. The third kappa shape index (κ3) is 4.49. The molecule has 0 spiro atoms. The smallest absolute Gasteiger partial charge is 0.303 e. The number of rotatable bonds is 9. The molecule has 0 aromatic heterocycles. The van der Waals surface area contributed by atoms with Crippen LogP contribution in [0.3, 0.4) is 0 Å². The number of sulfonamides is 1. The molecule has 1 aromatic carbocycles. The first-order valence-electron chi connectivity index (χ1n) is 10.2. The van der Waals surface area contributed by atoms with E-state index < -0.39 is 16.0 Å². The van der Waals surface area contributed by atoms with E-state index in [-0.39, 0.29) is 23.8 Å². The highest BCUT2D eigenvalue weighted by atomic mass is 32.2. The Labute approximate surface area is 168 Å². The predicted octanol–water partition coefficient (Wildman–Crippen LogP) is 4.22. The number of allylic oxidation sites excluding steroid dienone is 2. The summed E-state index contributed by atoms with van der Waals surface area (Å²) in [5, 5.41) is 8.70. The van der Waals surface area contributed by atoms with Gasteiger partial charge < -0.3 is 5.11 Å². The SMILES string of the molecule is CC1(C)[C@H]2C[C@H](C/C=C\CCCC(=O)O)[C@@H](NS(=O)(=O)c3ccccc3)[C@@H]1C2. The highest BCUT2D eigenvalue weighted by Gasteiger charge is 2.58. The maximum absolute atomic E-state index is 12.9. The van der Waals surface area contributed by atoms with Gasteiger partial charge in [0.05, 0.1) is 4.90 Å². The zero-order chi connectivity index (χ0) is 20.4. The summed E-state index contributed by atoms with van der Waals surface area (Å²) in [6, 6.07) is 8.52. The van der Waals surface area contributed by atoms with Crippen LogP contribution >= 0.6 is 0 Å². The van der Waals surface area contributed by atoms with Crippen molar-refractivity contribution in [2.75, 3.05) is 0 Å². The highest BCUT2D eigenvalue weighted by molar-refractivity contribution is 7.89. The van der Waals surface area contributed by atoms with Gasteiger partial charge in [-0.2, -0.15) is 0 Å². The molecule has 3 aliphatic rings. The van der Waals surface area contributed by atoms with Crippen molar-refractivity contribution in [3.8, 4) is 0 Å². The van der Waals surface area contributed by atoms with Gasteiger partial charge in [0.15, 0.2) is 0 Å². The van der Waals surface area contributed by atoms with Gasteiger partial charge in [0.1, 0.15) is 0 Å². The topological polar surface area (TPSA) is 83.5 Å². The molecule has 5 nitrogen and oxygen atoms in total. The molecule has 0 unspecified atom stereocenters. The Hall–Kier alpha value is -1.66. The Morgan fingerprint density at radius 3 is 2.57 bits per heavy atom. The number of carboxylic acid groups (broad SMARTS) is 1. The van der Waals surface area contributed by atoms with E-state index in [0.717, 1.165) is 25.7 Å². The average Bonchev–Trinajstić information content (AvgIpc) is 2.65. The number of benzene rings is 1. The van der Waals surface area contributed by atoms with Crippen molar-refractivity contribution in [3.05, 3.63) is 42.5 Å². The third-order valence-corrected chi connectivity index (χ3v) is 8.26. The van der Waals surface area contributed by atoms with Crippen LogP contribution in [0, 0.1) is 23.2 Å². The van der Waals surface area contributed by atoms with Crippen molar-refractivity contribution < 1.29 is 18.3 Å². The molecule has 4 atom stereocenters. The van der Waals surface area contributed by atoms with Gasteiger partial charge in [0.25, 0.3) is 0 Å². The normalized spacial score (nSPS) is 28.8. The van der Waals surface area contributed by atoms with Gasteiger partial charge in [0.2, 0.25) is 10.0 Å². The van der Waals surface area contributed by atoms with Crippen LogP contribution in [-0.2, 0) is 14.8 Å². The molecule has 154 valence electrons. The molecule has 28 heavy (non-hydrogen) atoms. The summed E-state index contributed by atoms with van der Waals surface area (Å²) >= 11 is 0. The summed E-state index contributed by atoms with van der Waals surface area (Å²) in [6.07, 6.45) is 8.67. The van der Waals surface area contributed by atoms with E-state index >= 15 is 0 Å². The van der Waals surface area contributed by atoms with E-state index in [1.807, 2.05) is 12.1 Å². The lowest BCUT2D eigenvalue weighted by molar-refractivity contribution is -0.137. The standard InChI is InChI=1S/C22H31NO4S/c1-22(2)17-14-16(10-6-3-4-9-13-20(24)25)21(19(22)15-17)23-28(26,27)18-11-7-5-8-12-18/h3,5-8,11-12,16-17,19,21,23H,4,9-10,13-15H2,1-2H3,(H,24,25)/b6-3-/t16-,17-,19-,21+/m0/s1. The number of carbonyl (C=O) groups is 1. The predicted molar refractivity (Wildman–Crippen MR) is 109 cm³/mol. The third-order valence-electron chi connectivity index (χ3n) is 6.79. The monoisotopic (exact) mass is 405 g/mol. The minimum Gasteiger partial charge on any atom is -0.481 e. The van der Waals surface area contributed by atoms with Gasteiger partial charge in [-0.25, -0.2) is 13.1 Å². The fourth-order valence-electron chi connectivity index (χ4n) is 4.93. The van der Waals surface area contributed by atoms with Crippen molar-refractivity contribution in [1.29, 1.82) is 0 Å². The van der Waals surface area contributed by atoms with Crippen LogP contribution in [0.25, 0.3) is 0 Å². The number of hydrogen-bond donors (Lipinski definition) is 2. The minimum absolute atomic E-state index is 0.0612. The fraction of sp³-hybridized carbons (Fsp3) is 0.591. The van der Waals surface area contributed by atoms with Gasteiger partial charge >= 0.3 is 5.97 Å². The minimum atomic E-state index is -3.54. The second-order valence-electron chi connectivity index (χ2n) is 8.81. The largest absolute Gasteiger partial charge is 0.481 e. The zero-order valence-electron chi connectivity index (χ0n) is 16.7. The second kappa shape index (κ2) is 8.37. The maximum atomic E-state index is 12.9. The molecule has 0 heterocycles. The van der Waals surface area contributed by atoms with Gasteiger partial charge in [-0.1, -0.05) is 44.2 Å². The molecule has 3 aliphatic carbocycles. The van der Waals surface area contributed by atoms with Crippen LogP contribution in [-0.4, -0.2) is 25.5 Å². The van der Waals surface area contributed by atoms with Crippen LogP contribution in [0.4, 0.5) is 0 Å². The van der Waals surface area contributed by atoms with Crippen LogP contribution in [0.1, 0.15) is 52.4 Å². The summed E-state index contributed by atoms with van der Waals surface area (Å²) in [7, 11) is -3.54. The molecule has 0 saturated heterocycles. The Morgan fingerprint density at radius 1 is 1.21 bits per heavy atom. The molecule has 0 aliphatic heterocycles. The molecule has 1 aromatic rings. The maximum Gasteiger partial charge on any atom is 0.303 e. The van der Waals surface area contributed by atoms with Crippen molar-refractivity contribution in [1.82, 2.24) is 4.72 Å². The number of nitrogens with one attached hydrogen (secondary N) is 1. The summed E-state index contributed by atoms with van der Waals surface area (Å²) in [4.78, 5) is 10.9. The molecule has 6 heteroatoms. The van der Waals surface area contributed by atoms with Gasteiger partial charge in [0, 0.05) is 12.5 Å². The lowest BCUT2D eigenvalue weighted by Gasteiger charge is -2.62. The van der Waals surface area contributed by atoms with E-state index in [2.05, 4.69) is 24.6 Å². The van der Waals surface area contributed by atoms with E-state index in [0.29, 0.717) is 23.2 Å². The molecule has 0 amide bonds. The first-order chi connectivity index (χ1) is 13.2. The average molecular weight is 406 g/mol. The summed E-state index contributed by atoms with van der Waals surface area (Å²) < 4.78 is 28.9. The fourth-order valence-corrected chi connectivity index (χ4v) is 6.30. The molecule has 0 radical (unpaired) electrons. The Balaban J connectivity index is 1.68. The molecule has 2 bridgehead atoms. The Bertz CT molecular complexity index is 816. The van der Waals surface area contributed by atoms with E-state index in [1.54, 1.807) is 24.3 Å². The van der Waals surface area contributed by atoms with Crippen molar-refractivity contribution in [2.24, 2.45) is 23.2 Å². The van der Waals surface area contributed by atoms with Crippen molar-refractivity contribution in [3.63, 3.8) is 0 Å². The van der Waals surface area contributed by atoms with Crippen LogP contribution in [0.15, 0.2) is 47.4 Å². The second-order valence-corrected chi connectivity index (χ2v) is 10.5. The summed E-state index contributed by atoms with van der Waals surface area (Å²) in [5.74, 6) is 0.528. The molecule has 4 rings (SSSR count). The van der Waals surface area contributed by atoms with Crippen LogP contribution in [0.5, 0.6) is 0 Å². The quantitative estimate of drug-likeness (QED) is 0.476. The first kappa shape index (κ1) is 21.1. The van der Waals surface area contributed by atoms with Crippen LogP contribution in [0.2, 0.25) is 0 Å². The van der Waals surface area contributed by atoms with Gasteiger partial charge in [-0.15, -0.1) is 0 Å². The van der Waals surface area contributed by atoms with E-state index in [1.165, 1.54) is 0 Å². The number of fused-ring (bicyclic) bond motifs is 2. The number of hydrogen-bond acceptors (Lipinski definition) is 3. The van der Waals surface area contributed by atoms with Crippen molar-refractivity contribution >= 4 is 16.0 Å². The van der Waals surface area contributed by atoms with Crippen LogP contribution < -0.4 is 4.72 Å². The lowest BCUT2D eigenvalue weighted by Crippen LogP contribution is -2.63. The molecule has 2 N–H and O–H groups in total. The molecule has 3 fully saturated rings. The van der Waals surface area contributed by atoms with E-state index in [4.69, 9.17) is 5.11 Å². The van der Waals surface area contributed by atoms with Gasteiger partial charge in [-0.05, 0) is 67.4 Å². The van der Waals surface area contributed by atoms with Crippen molar-refractivity contribution in [2.45, 2.75) is 63.3 Å². The first-order valence-corrected chi connectivity index (χ1v) is 11.6. The van der Waals surface area contributed by atoms with Gasteiger partial charge in [-0.3, -0.25) is 4.79 Å². The van der Waals surface area contributed by atoms with E-state index in [9.17, 15) is 13.2 Å². The Morgan fingerprint density at radius 2 is 1.93 bits per heavy atom. The molecule has 3 saturated carbocycles.